The summed E-state index contributed by atoms with van der Waals surface area (Å²) in [4.78, 5) is 2.76. The van der Waals surface area contributed by atoms with E-state index in [-0.39, 0.29) is 0 Å². The van der Waals surface area contributed by atoms with Gasteiger partial charge in [0.05, 0.1) is 4.90 Å². The molecule has 0 aliphatic carbocycles. The van der Waals surface area contributed by atoms with Crippen molar-refractivity contribution in [2.24, 2.45) is 11.7 Å². The van der Waals surface area contributed by atoms with Gasteiger partial charge in [0.2, 0.25) is 10.0 Å². The Bertz CT molecular complexity index is 584. The topological polar surface area (TPSA) is 66.6 Å². The zero-order valence-electron chi connectivity index (χ0n) is 13.7. The Kier molecular flexibility index (Phi) is 5.60. The Morgan fingerprint density at radius 1 is 1.27 bits per heavy atom. The fourth-order valence-electron chi connectivity index (χ4n) is 3.12. The molecule has 1 aliphatic heterocycles. The highest BCUT2D eigenvalue weighted by Crippen LogP contribution is 2.24. The van der Waals surface area contributed by atoms with Crippen molar-refractivity contribution in [1.29, 1.82) is 0 Å². The van der Waals surface area contributed by atoms with Crippen LogP contribution in [0.2, 0.25) is 0 Å². The zero-order chi connectivity index (χ0) is 16.3. The number of sulfonamides is 1. The highest BCUT2D eigenvalue weighted by atomic mass is 32.2. The maximum absolute atomic E-state index is 12.1. The van der Waals surface area contributed by atoms with Crippen molar-refractivity contribution < 1.29 is 8.42 Å². The van der Waals surface area contributed by atoms with Crippen molar-refractivity contribution >= 4 is 10.0 Å². The third-order valence-electron chi connectivity index (χ3n) is 4.56. The largest absolute Gasteiger partial charge is 0.329 e. The van der Waals surface area contributed by atoms with Gasteiger partial charge in [-0.1, -0.05) is 19.1 Å². The molecule has 1 aliphatic rings. The van der Waals surface area contributed by atoms with E-state index in [4.69, 9.17) is 5.73 Å². The molecule has 1 fully saturated rings. The molecule has 0 saturated carbocycles. The lowest BCUT2D eigenvalue weighted by molar-refractivity contribution is 0.0991. The summed E-state index contributed by atoms with van der Waals surface area (Å²) >= 11 is 0. The van der Waals surface area contributed by atoms with Gasteiger partial charge in [-0.3, -0.25) is 4.90 Å². The van der Waals surface area contributed by atoms with Crippen LogP contribution in [0.4, 0.5) is 0 Å². The molecule has 5 nitrogen and oxygen atoms in total. The Labute approximate surface area is 134 Å². The van der Waals surface area contributed by atoms with E-state index in [1.807, 2.05) is 12.1 Å². The average Bonchev–Trinajstić information content (AvgIpc) is 2.48. The smallest absolute Gasteiger partial charge is 0.242 e. The number of nitrogens with two attached hydrogens (primary N) is 1. The lowest BCUT2D eigenvalue weighted by atomic mass is 9.90. The number of hydrogen-bond donors (Lipinski definition) is 1. The minimum atomic E-state index is -3.35. The number of piperidine rings is 1. The highest BCUT2D eigenvalue weighted by molar-refractivity contribution is 7.89. The molecule has 0 amide bonds. The second-order valence-electron chi connectivity index (χ2n) is 6.32. The minimum Gasteiger partial charge on any atom is -0.329 e. The fourth-order valence-corrected chi connectivity index (χ4v) is 4.03. The molecule has 2 N–H and O–H groups in total. The molecule has 1 aromatic rings. The van der Waals surface area contributed by atoms with E-state index in [2.05, 4.69) is 11.8 Å². The summed E-state index contributed by atoms with van der Waals surface area (Å²) in [5.74, 6) is 0.618. The molecule has 0 radical (unpaired) electrons. The van der Waals surface area contributed by atoms with Gasteiger partial charge in [-0.25, -0.2) is 12.7 Å². The summed E-state index contributed by atoms with van der Waals surface area (Å²) < 4.78 is 25.4. The van der Waals surface area contributed by atoms with Gasteiger partial charge < -0.3 is 5.73 Å². The van der Waals surface area contributed by atoms with Gasteiger partial charge in [0.25, 0.3) is 0 Å². The van der Waals surface area contributed by atoms with Crippen LogP contribution >= 0.6 is 0 Å². The molecule has 2 unspecified atom stereocenters. The first kappa shape index (κ1) is 17.4. The van der Waals surface area contributed by atoms with Crippen LogP contribution < -0.4 is 5.73 Å². The predicted octanol–water partition coefficient (Wildman–Crippen LogP) is 1.50. The van der Waals surface area contributed by atoms with Gasteiger partial charge in [0.15, 0.2) is 0 Å². The second kappa shape index (κ2) is 7.08. The van der Waals surface area contributed by atoms with E-state index >= 15 is 0 Å². The molecule has 22 heavy (non-hydrogen) atoms. The lowest BCUT2D eigenvalue weighted by Crippen LogP contribution is -2.47. The SMILES string of the molecule is CC1CCCN(Cc2ccc(S(=O)(=O)N(C)C)cc2)C1CN. The van der Waals surface area contributed by atoms with Crippen molar-refractivity contribution in [3.8, 4) is 0 Å². The zero-order valence-corrected chi connectivity index (χ0v) is 14.5. The number of rotatable bonds is 5. The van der Waals surface area contributed by atoms with Crippen molar-refractivity contribution in [3.63, 3.8) is 0 Å². The minimum absolute atomic E-state index is 0.337. The van der Waals surface area contributed by atoms with Crippen LogP contribution in [-0.2, 0) is 16.6 Å². The van der Waals surface area contributed by atoms with E-state index in [0.717, 1.165) is 18.7 Å². The summed E-state index contributed by atoms with van der Waals surface area (Å²) in [5, 5.41) is 0. The number of likely N-dealkylation sites (tertiary alicyclic amines) is 1. The first-order valence-electron chi connectivity index (χ1n) is 7.82. The van der Waals surface area contributed by atoms with Crippen LogP contribution in [0, 0.1) is 5.92 Å². The van der Waals surface area contributed by atoms with Crippen molar-refractivity contribution in [2.45, 2.75) is 37.2 Å². The molecule has 0 aromatic heterocycles. The van der Waals surface area contributed by atoms with Crippen molar-refractivity contribution in [3.05, 3.63) is 29.8 Å². The Morgan fingerprint density at radius 2 is 1.91 bits per heavy atom. The number of nitrogens with zero attached hydrogens (tertiary/aromatic N) is 2. The first-order valence-corrected chi connectivity index (χ1v) is 9.26. The predicted molar refractivity (Wildman–Crippen MR) is 89.0 cm³/mol. The van der Waals surface area contributed by atoms with E-state index in [1.54, 1.807) is 26.2 Å². The van der Waals surface area contributed by atoms with E-state index in [9.17, 15) is 8.42 Å². The summed E-state index contributed by atoms with van der Waals surface area (Å²) in [5.41, 5.74) is 7.06. The summed E-state index contributed by atoms with van der Waals surface area (Å²) in [6, 6.07) is 7.61. The third kappa shape index (κ3) is 3.68. The standard InChI is InChI=1S/C16H27N3O2S/c1-13-5-4-10-19(16(13)11-17)12-14-6-8-15(9-7-14)22(20,21)18(2)3/h6-9,13,16H,4-5,10-12,17H2,1-3H3. The van der Waals surface area contributed by atoms with Gasteiger partial charge in [-0.05, 0) is 43.0 Å². The molecule has 1 aromatic carbocycles. The molecule has 2 rings (SSSR count). The molecule has 6 heteroatoms. The molecular formula is C16H27N3O2S. The quantitative estimate of drug-likeness (QED) is 0.891. The highest BCUT2D eigenvalue weighted by Gasteiger charge is 2.27. The van der Waals surface area contributed by atoms with Gasteiger partial charge in [-0.15, -0.1) is 0 Å². The molecular weight excluding hydrogens is 298 g/mol. The third-order valence-corrected chi connectivity index (χ3v) is 6.39. The molecule has 2 atom stereocenters. The maximum atomic E-state index is 12.1. The molecule has 1 saturated heterocycles. The van der Waals surface area contributed by atoms with E-state index in [0.29, 0.717) is 23.4 Å². The Hall–Kier alpha value is -0.950. The maximum Gasteiger partial charge on any atom is 0.242 e. The van der Waals surface area contributed by atoms with E-state index < -0.39 is 10.0 Å². The van der Waals surface area contributed by atoms with Gasteiger partial charge in [-0.2, -0.15) is 0 Å². The summed E-state index contributed by atoms with van der Waals surface area (Å²) in [6.45, 7) is 4.82. The molecule has 124 valence electrons. The van der Waals surface area contributed by atoms with Gasteiger partial charge >= 0.3 is 0 Å². The number of benzene rings is 1. The molecule has 1 heterocycles. The monoisotopic (exact) mass is 325 g/mol. The molecule has 0 spiro atoms. The second-order valence-corrected chi connectivity index (χ2v) is 8.48. The average molecular weight is 325 g/mol. The lowest BCUT2D eigenvalue weighted by Gasteiger charge is -2.39. The number of hydrogen-bond acceptors (Lipinski definition) is 4. The van der Waals surface area contributed by atoms with Crippen molar-refractivity contribution in [2.75, 3.05) is 27.2 Å². The summed E-state index contributed by atoms with van der Waals surface area (Å²) in [6.07, 6.45) is 2.43. The van der Waals surface area contributed by atoms with Crippen molar-refractivity contribution in [1.82, 2.24) is 9.21 Å². The van der Waals surface area contributed by atoms with Gasteiger partial charge in [0, 0.05) is 33.2 Å². The van der Waals surface area contributed by atoms with Crippen LogP contribution in [0.1, 0.15) is 25.3 Å². The van der Waals surface area contributed by atoms with E-state index in [1.165, 1.54) is 17.1 Å². The van der Waals surface area contributed by atoms with Crippen LogP contribution in [-0.4, -0.2) is 50.8 Å². The normalized spacial score (nSPS) is 23.9. The first-order chi connectivity index (χ1) is 10.4. The van der Waals surface area contributed by atoms with Crippen LogP contribution in [0.3, 0.4) is 0 Å². The summed E-state index contributed by atoms with van der Waals surface area (Å²) in [7, 11) is -0.260. The molecule has 0 bridgehead atoms. The van der Waals surface area contributed by atoms with Crippen LogP contribution in [0.5, 0.6) is 0 Å². The Balaban J connectivity index is 2.11. The van der Waals surface area contributed by atoms with Crippen LogP contribution in [0.25, 0.3) is 0 Å². The van der Waals surface area contributed by atoms with Gasteiger partial charge in [0.1, 0.15) is 0 Å². The Morgan fingerprint density at radius 3 is 2.45 bits per heavy atom. The fraction of sp³-hybridized carbons (Fsp3) is 0.625. The van der Waals surface area contributed by atoms with Crippen LogP contribution in [0.15, 0.2) is 29.2 Å².